The Labute approximate surface area is 159 Å². The summed E-state index contributed by atoms with van der Waals surface area (Å²) in [6, 6.07) is 6.98. The van der Waals surface area contributed by atoms with Gasteiger partial charge in [0.1, 0.15) is 6.61 Å². The maximum atomic E-state index is 11.0. The van der Waals surface area contributed by atoms with Gasteiger partial charge >= 0.3 is 0 Å². The van der Waals surface area contributed by atoms with Crippen LogP contribution in [0.1, 0.15) is 15.9 Å². The quantitative estimate of drug-likeness (QED) is 0.247. The molecule has 0 radical (unpaired) electrons. The van der Waals surface area contributed by atoms with Gasteiger partial charge in [-0.1, -0.05) is 18.1 Å². The molecule has 144 valence electrons. The van der Waals surface area contributed by atoms with E-state index in [-0.39, 0.29) is 0 Å². The van der Waals surface area contributed by atoms with Crippen LogP contribution in [-0.2, 0) is 30.3 Å². The Morgan fingerprint density at radius 2 is 1.27 bits per heavy atom. The van der Waals surface area contributed by atoms with E-state index in [1.165, 1.54) is 0 Å². The second-order valence-electron chi connectivity index (χ2n) is 5.12. The molecule has 0 atom stereocenters. The first-order valence-corrected chi connectivity index (χ1v) is 8.72. The van der Waals surface area contributed by atoms with Crippen LogP contribution in [0.4, 0.5) is 0 Å². The van der Waals surface area contributed by atoms with Gasteiger partial charge in [-0.25, -0.2) is 0 Å². The third-order valence-corrected chi connectivity index (χ3v) is 3.34. The maximum absolute atomic E-state index is 11.0. The van der Waals surface area contributed by atoms with Crippen LogP contribution < -0.4 is 0 Å². The van der Waals surface area contributed by atoms with Gasteiger partial charge in [0.15, 0.2) is 0 Å². The number of terminal acetylenes is 1. The van der Waals surface area contributed by atoms with Crippen LogP contribution in [0, 0.1) is 12.3 Å². The molecular weight excluding hydrogens is 360 g/mol. The monoisotopic (exact) mass is 384 g/mol. The Balaban J connectivity index is 1.83. The normalized spacial score (nSPS) is 10.6. The van der Waals surface area contributed by atoms with Crippen molar-refractivity contribution in [1.29, 1.82) is 0 Å². The van der Waals surface area contributed by atoms with Gasteiger partial charge in [-0.05, 0) is 29.3 Å². The smallest absolute Gasteiger partial charge is 0.252 e. The molecule has 0 unspecified atom stereocenters. The molecule has 1 rings (SSSR count). The van der Waals surface area contributed by atoms with Gasteiger partial charge in [0.05, 0.1) is 59.5 Å². The van der Waals surface area contributed by atoms with Crippen molar-refractivity contribution in [1.82, 2.24) is 0 Å². The van der Waals surface area contributed by atoms with Gasteiger partial charge in [0, 0.05) is 5.56 Å². The van der Waals surface area contributed by atoms with E-state index < -0.39 is 5.24 Å². The standard InChI is InChI=1S/C19H25ClO6/c1-2-7-22-8-9-23-10-11-24-12-13-25-14-15-26-16-17-3-5-18(6-4-17)19(20)21/h1,3-6H,7-16H2. The summed E-state index contributed by atoms with van der Waals surface area (Å²) in [5, 5.41) is -0.464. The topological polar surface area (TPSA) is 63.2 Å². The highest BCUT2D eigenvalue weighted by atomic mass is 35.5. The van der Waals surface area contributed by atoms with Gasteiger partial charge in [0.2, 0.25) is 0 Å². The van der Waals surface area contributed by atoms with E-state index in [1.807, 2.05) is 12.1 Å². The summed E-state index contributed by atoms with van der Waals surface area (Å²) in [4.78, 5) is 11.0. The summed E-state index contributed by atoms with van der Waals surface area (Å²) in [5.41, 5.74) is 1.45. The number of halogens is 1. The number of benzene rings is 1. The molecule has 0 aliphatic heterocycles. The predicted octanol–water partition coefficient (Wildman–Crippen LogP) is 2.28. The summed E-state index contributed by atoms with van der Waals surface area (Å²) in [6.45, 7) is 4.76. The lowest BCUT2D eigenvalue weighted by Gasteiger charge is -2.08. The molecular formula is C19H25ClO6. The van der Waals surface area contributed by atoms with Crippen LogP contribution in [-0.4, -0.2) is 64.7 Å². The van der Waals surface area contributed by atoms with E-state index in [4.69, 9.17) is 41.7 Å². The molecule has 0 aliphatic carbocycles. The average molecular weight is 385 g/mol. The second kappa shape index (κ2) is 15.8. The molecule has 0 aromatic heterocycles. The van der Waals surface area contributed by atoms with Crippen LogP contribution in [0.2, 0.25) is 0 Å². The fourth-order valence-electron chi connectivity index (χ4n) is 1.83. The molecule has 0 bridgehead atoms. The lowest BCUT2D eigenvalue weighted by Crippen LogP contribution is -2.13. The largest absolute Gasteiger partial charge is 0.377 e. The first kappa shape index (κ1) is 22.6. The van der Waals surface area contributed by atoms with Gasteiger partial charge in [-0.2, -0.15) is 0 Å². The lowest BCUT2D eigenvalue weighted by atomic mass is 10.1. The molecule has 0 N–H and O–H groups in total. The summed E-state index contributed by atoms with van der Waals surface area (Å²) >= 11 is 5.39. The van der Waals surface area contributed by atoms with Crippen molar-refractivity contribution in [2.45, 2.75) is 6.61 Å². The molecule has 0 saturated carbocycles. The van der Waals surface area contributed by atoms with Crippen molar-refractivity contribution in [3.8, 4) is 12.3 Å². The second-order valence-corrected chi connectivity index (χ2v) is 5.46. The molecule has 0 spiro atoms. The van der Waals surface area contributed by atoms with Crippen LogP contribution in [0.15, 0.2) is 24.3 Å². The van der Waals surface area contributed by atoms with Crippen molar-refractivity contribution in [3.63, 3.8) is 0 Å². The minimum atomic E-state index is -0.464. The maximum Gasteiger partial charge on any atom is 0.252 e. The third-order valence-electron chi connectivity index (χ3n) is 3.12. The number of ether oxygens (including phenoxy) is 5. The highest BCUT2D eigenvalue weighted by Gasteiger charge is 2.01. The van der Waals surface area contributed by atoms with Crippen molar-refractivity contribution in [2.75, 3.05) is 59.5 Å². The molecule has 0 saturated heterocycles. The van der Waals surface area contributed by atoms with Gasteiger partial charge < -0.3 is 23.7 Å². The van der Waals surface area contributed by atoms with E-state index in [2.05, 4.69) is 5.92 Å². The number of carbonyl (C=O) groups is 1. The first-order chi connectivity index (χ1) is 12.7. The van der Waals surface area contributed by atoms with Gasteiger partial charge in [-0.3, -0.25) is 4.79 Å². The predicted molar refractivity (Wildman–Crippen MR) is 98.4 cm³/mol. The molecule has 1 aromatic rings. The number of hydrogen-bond donors (Lipinski definition) is 0. The van der Waals surface area contributed by atoms with Crippen molar-refractivity contribution >= 4 is 16.8 Å². The van der Waals surface area contributed by atoms with E-state index in [1.54, 1.807) is 12.1 Å². The number of hydrogen-bond acceptors (Lipinski definition) is 6. The third kappa shape index (κ3) is 12.0. The van der Waals surface area contributed by atoms with Crippen molar-refractivity contribution in [2.24, 2.45) is 0 Å². The van der Waals surface area contributed by atoms with Crippen LogP contribution >= 0.6 is 11.6 Å². The Morgan fingerprint density at radius 3 is 1.73 bits per heavy atom. The highest BCUT2D eigenvalue weighted by Crippen LogP contribution is 2.08. The van der Waals surface area contributed by atoms with Crippen LogP contribution in [0.3, 0.4) is 0 Å². The van der Waals surface area contributed by atoms with Gasteiger partial charge in [0.25, 0.3) is 5.24 Å². The Bertz CT molecular complexity index is 526. The van der Waals surface area contributed by atoms with Crippen molar-refractivity contribution < 1.29 is 28.5 Å². The zero-order valence-corrected chi connectivity index (χ0v) is 15.5. The average Bonchev–Trinajstić information content (AvgIpc) is 2.65. The van der Waals surface area contributed by atoms with Crippen molar-refractivity contribution in [3.05, 3.63) is 35.4 Å². The fourth-order valence-corrected chi connectivity index (χ4v) is 1.96. The van der Waals surface area contributed by atoms with E-state index in [9.17, 15) is 4.79 Å². The molecule has 0 heterocycles. The summed E-state index contributed by atoms with van der Waals surface area (Å²) in [5.74, 6) is 2.38. The zero-order valence-electron chi connectivity index (χ0n) is 14.8. The summed E-state index contributed by atoms with van der Waals surface area (Å²) < 4.78 is 26.6. The minimum absolute atomic E-state index is 0.308. The summed E-state index contributed by atoms with van der Waals surface area (Å²) in [6.07, 6.45) is 5.05. The van der Waals surface area contributed by atoms with E-state index in [0.29, 0.717) is 71.6 Å². The van der Waals surface area contributed by atoms with E-state index in [0.717, 1.165) is 5.56 Å². The highest BCUT2D eigenvalue weighted by molar-refractivity contribution is 6.67. The fraction of sp³-hybridized carbons (Fsp3) is 0.526. The number of rotatable bonds is 16. The summed E-state index contributed by atoms with van der Waals surface area (Å²) in [7, 11) is 0. The Morgan fingerprint density at radius 1 is 0.808 bits per heavy atom. The molecule has 6 nitrogen and oxygen atoms in total. The Kier molecular flexibility index (Phi) is 13.7. The SMILES string of the molecule is C#CCOCCOCCOCCOCCOCc1ccc(C(=O)Cl)cc1. The Hall–Kier alpha value is -1.46. The minimum Gasteiger partial charge on any atom is -0.377 e. The molecule has 0 amide bonds. The molecule has 1 aromatic carbocycles. The van der Waals surface area contributed by atoms with Gasteiger partial charge in [-0.15, -0.1) is 6.42 Å². The lowest BCUT2D eigenvalue weighted by molar-refractivity contribution is -0.0107. The molecule has 26 heavy (non-hydrogen) atoms. The molecule has 0 aliphatic rings. The number of carbonyl (C=O) groups excluding carboxylic acids is 1. The van der Waals surface area contributed by atoms with Crippen LogP contribution in [0.5, 0.6) is 0 Å². The first-order valence-electron chi connectivity index (χ1n) is 8.35. The molecule has 7 heteroatoms. The zero-order chi connectivity index (χ0) is 18.9. The van der Waals surface area contributed by atoms with E-state index >= 15 is 0 Å². The molecule has 0 fully saturated rings. The van der Waals surface area contributed by atoms with Crippen LogP contribution in [0.25, 0.3) is 0 Å².